The Morgan fingerprint density at radius 2 is 2.45 bits per heavy atom. The van der Waals surface area contributed by atoms with Crippen LogP contribution in [0.25, 0.3) is 0 Å². The highest BCUT2D eigenvalue weighted by Crippen LogP contribution is 2.15. The van der Waals surface area contributed by atoms with Gasteiger partial charge in [-0.15, -0.1) is 11.3 Å². The number of rotatable bonds is 4. The van der Waals surface area contributed by atoms with Gasteiger partial charge in [0.1, 0.15) is 11.2 Å². The smallest absolute Gasteiger partial charge is 0.263 e. The summed E-state index contributed by atoms with van der Waals surface area (Å²) in [6.07, 6.45) is 1.98. The zero-order chi connectivity index (χ0) is 14.4. The van der Waals surface area contributed by atoms with E-state index in [1.807, 2.05) is 5.38 Å². The van der Waals surface area contributed by atoms with Crippen LogP contribution in [0.15, 0.2) is 17.8 Å². The average Bonchev–Trinajstić information content (AvgIpc) is 3.05. The number of nitrogens with one attached hydrogen (secondary N) is 1. The number of carbonyl (C=O) groups is 1. The second-order valence-electron chi connectivity index (χ2n) is 3.96. The maximum absolute atomic E-state index is 12.1. The summed E-state index contributed by atoms with van der Waals surface area (Å²) in [7, 11) is 1.77. The van der Waals surface area contributed by atoms with Crippen molar-refractivity contribution in [2.24, 2.45) is 7.05 Å². The minimum absolute atomic E-state index is 0.0179. The summed E-state index contributed by atoms with van der Waals surface area (Å²) in [4.78, 5) is 16.7. The van der Waals surface area contributed by atoms with E-state index < -0.39 is 0 Å². The Morgan fingerprint density at radius 3 is 3.15 bits per heavy atom. The van der Waals surface area contributed by atoms with Gasteiger partial charge in [0.2, 0.25) is 0 Å². The first kappa shape index (κ1) is 14.2. The molecule has 6 nitrogen and oxygen atoms in total. The molecule has 2 aromatic rings. The van der Waals surface area contributed by atoms with Crippen LogP contribution in [0.5, 0.6) is 0 Å². The van der Waals surface area contributed by atoms with E-state index >= 15 is 0 Å². The number of aliphatic hydroxyl groups excluding tert-OH is 1. The SMILES string of the molecule is Cn1cnc(CNC(=O)c2sccc2C#CCCO)n1. The van der Waals surface area contributed by atoms with Crippen molar-refractivity contribution in [1.29, 1.82) is 0 Å². The van der Waals surface area contributed by atoms with Gasteiger partial charge in [0.15, 0.2) is 5.82 Å². The minimum atomic E-state index is -0.194. The molecule has 0 fully saturated rings. The van der Waals surface area contributed by atoms with Crippen LogP contribution in [-0.4, -0.2) is 32.4 Å². The minimum Gasteiger partial charge on any atom is -0.395 e. The summed E-state index contributed by atoms with van der Waals surface area (Å²) in [6, 6.07) is 1.79. The van der Waals surface area contributed by atoms with Crippen LogP contribution < -0.4 is 5.32 Å². The summed E-state index contributed by atoms with van der Waals surface area (Å²) in [6.45, 7) is 0.297. The molecular weight excluding hydrogens is 276 g/mol. The molecule has 0 aliphatic heterocycles. The highest BCUT2D eigenvalue weighted by molar-refractivity contribution is 7.12. The van der Waals surface area contributed by atoms with E-state index in [4.69, 9.17) is 5.11 Å². The molecule has 0 radical (unpaired) electrons. The molecule has 1 amide bonds. The summed E-state index contributed by atoms with van der Waals surface area (Å²) in [5.41, 5.74) is 0.676. The van der Waals surface area contributed by atoms with Crippen LogP contribution in [0.1, 0.15) is 27.5 Å². The highest BCUT2D eigenvalue weighted by atomic mass is 32.1. The van der Waals surface area contributed by atoms with E-state index in [-0.39, 0.29) is 19.1 Å². The number of nitrogens with zero attached hydrogens (tertiary/aromatic N) is 3. The molecule has 2 rings (SSSR count). The van der Waals surface area contributed by atoms with Gasteiger partial charge in [-0.05, 0) is 11.4 Å². The lowest BCUT2D eigenvalue weighted by atomic mass is 10.2. The largest absolute Gasteiger partial charge is 0.395 e. The molecule has 0 saturated heterocycles. The van der Waals surface area contributed by atoms with E-state index in [2.05, 4.69) is 27.2 Å². The van der Waals surface area contributed by atoms with Crippen molar-refractivity contribution in [2.75, 3.05) is 6.61 Å². The second kappa shape index (κ2) is 6.84. The number of hydrogen-bond donors (Lipinski definition) is 2. The lowest BCUT2D eigenvalue weighted by Gasteiger charge is -2.00. The quantitative estimate of drug-likeness (QED) is 0.806. The Labute approximate surface area is 120 Å². The first-order chi connectivity index (χ1) is 9.70. The van der Waals surface area contributed by atoms with Gasteiger partial charge in [0.05, 0.1) is 13.2 Å². The highest BCUT2D eigenvalue weighted by Gasteiger charge is 2.12. The van der Waals surface area contributed by atoms with E-state index in [0.29, 0.717) is 22.7 Å². The van der Waals surface area contributed by atoms with Crippen LogP contribution in [0.2, 0.25) is 0 Å². The summed E-state index contributed by atoms with van der Waals surface area (Å²) >= 11 is 1.33. The lowest BCUT2D eigenvalue weighted by molar-refractivity contribution is 0.0953. The molecule has 20 heavy (non-hydrogen) atoms. The first-order valence-electron chi connectivity index (χ1n) is 6.00. The normalized spacial score (nSPS) is 9.90. The van der Waals surface area contributed by atoms with Crippen molar-refractivity contribution in [2.45, 2.75) is 13.0 Å². The molecule has 2 N–H and O–H groups in total. The maximum Gasteiger partial charge on any atom is 0.263 e. The number of aliphatic hydroxyl groups is 1. The molecule has 0 bridgehead atoms. The molecule has 104 valence electrons. The number of hydrogen-bond acceptors (Lipinski definition) is 5. The fourth-order valence-corrected chi connectivity index (χ4v) is 2.27. The van der Waals surface area contributed by atoms with Crippen LogP contribution in [0.3, 0.4) is 0 Å². The van der Waals surface area contributed by atoms with Gasteiger partial charge < -0.3 is 10.4 Å². The van der Waals surface area contributed by atoms with Gasteiger partial charge in [0, 0.05) is 19.0 Å². The Balaban J connectivity index is 1.99. The zero-order valence-corrected chi connectivity index (χ0v) is 11.8. The number of thiophene rings is 1. The van der Waals surface area contributed by atoms with Crippen LogP contribution in [0.4, 0.5) is 0 Å². The van der Waals surface area contributed by atoms with Crippen molar-refractivity contribution >= 4 is 17.2 Å². The van der Waals surface area contributed by atoms with Gasteiger partial charge in [0.25, 0.3) is 5.91 Å². The van der Waals surface area contributed by atoms with E-state index in [1.165, 1.54) is 11.3 Å². The van der Waals surface area contributed by atoms with Crippen molar-refractivity contribution in [3.63, 3.8) is 0 Å². The predicted octanol–water partition coefficient (Wildman–Crippen LogP) is 0.540. The summed E-state index contributed by atoms with van der Waals surface area (Å²) < 4.78 is 1.58. The van der Waals surface area contributed by atoms with E-state index in [1.54, 1.807) is 24.1 Å². The number of aryl methyl sites for hydroxylation is 1. The van der Waals surface area contributed by atoms with Crippen molar-refractivity contribution in [1.82, 2.24) is 20.1 Å². The third-order valence-electron chi connectivity index (χ3n) is 2.39. The van der Waals surface area contributed by atoms with E-state index in [0.717, 1.165) is 0 Å². The molecule has 0 unspecified atom stereocenters. The van der Waals surface area contributed by atoms with E-state index in [9.17, 15) is 4.79 Å². The summed E-state index contributed by atoms with van der Waals surface area (Å²) in [5, 5.41) is 17.4. The average molecular weight is 290 g/mol. The second-order valence-corrected chi connectivity index (χ2v) is 4.87. The van der Waals surface area contributed by atoms with Gasteiger partial charge in [-0.25, -0.2) is 4.98 Å². The summed E-state index contributed by atoms with van der Waals surface area (Å²) in [5.74, 6) is 6.06. The van der Waals surface area contributed by atoms with Crippen molar-refractivity contribution in [3.8, 4) is 11.8 Å². The molecule has 2 heterocycles. The van der Waals surface area contributed by atoms with Crippen LogP contribution in [-0.2, 0) is 13.6 Å². The molecule has 0 atom stereocenters. The molecule has 0 aromatic carbocycles. The first-order valence-corrected chi connectivity index (χ1v) is 6.88. The molecule has 0 aliphatic carbocycles. The molecule has 2 aromatic heterocycles. The topological polar surface area (TPSA) is 80.0 Å². The fraction of sp³-hybridized carbons (Fsp3) is 0.308. The fourth-order valence-electron chi connectivity index (χ4n) is 1.50. The van der Waals surface area contributed by atoms with Crippen molar-refractivity contribution in [3.05, 3.63) is 34.0 Å². The zero-order valence-electron chi connectivity index (χ0n) is 11.0. The number of amides is 1. The number of carbonyl (C=O) groups excluding carboxylic acids is 1. The molecule has 0 aliphatic rings. The van der Waals surface area contributed by atoms with Gasteiger partial charge in [-0.1, -0.05) is 11.8 Å². The van der Waals surface area contributed by atoms with Crippen LogP contribution in [0, 0.1) is 11.8 Å². The van der Waals surface area contributed by atoms with Crippen molar-refractivity contribution < 1.29 is 9.90 Å². The number of aromatic nitrogens is 3. The maximum atomic E-state index is 12.1. The Morgan fingerprint density at radius 1 is 1.60 bits per heavy atom. The lowest BCUT2D eigenvalue weighted by Crippen LogP contribution is -2.23. The Hall–Kier alpha value is -2.17. The standard InChI is InChI=1S/C13H14N4O2S/c1-17-9-15-11(16-17)8-14-13(19)12-10(5-7-20-12)4-2-3-6-18/h5,7,9,18H,3,6,8H2,1H3,(H,14,19). The Kier molecular flexibility index (Phi) is 4.87. The van der Waals surface area contributed by atoms with Gasteiger partial charge in [-0.3, -0.25) is 9.48 Å². The molecular formula is C13H14N4O2S. The van der Waals surface area contributed by atoms with Gasteiger partial charge in [-0.2, -0.15) is 5.10 Å². The molecule has 0 spiro atoms. The van der Waals surface area contributed by atoms with Gasteiger partial charge >= 0.3 is 0 Å². The molecule has 0 saturated carbocycles. The third kappa shape index (κ3) is 3.66. The van der Waals surface area contributed by atoms with Crippen LogP contribution >= 0.6 is 11.3 Å². The monoisotopic (exact) mass is 290 g/mol. The predicted molar refractivity (Wildman–Crippen MR) is 75.1 cm³/mol. The Bertz CT molecular complexity index is 651. The third-order valence-corrected chi connectivity index (χ3v) is 3.30. The molecule has 7 heteroatoms.